The molecule has 0 saturated heterocycles. The molecule has 1 aliphatic heterocycles. The van der Waals surface area contributed by atoms with Crippen LogP contribution in [0.5, 0.6) is 0 Å². The number of aryl methyl sites for hydroxylation is 1. The molecule has 5 heteroatoms. The molecule has 3 aromatic carbocycles. The van der Waals surface area contributed by atoms with Gasteiger partial charge in [0, 0.05) is 22.2 Å². The summed E-state index contributed by atoms with van der Waals surface area (Å²) < 4.78 is 0. The van der Waals surface area contributed by atoms with Crippen LogP contribution in [0.1, 0.15) is 43.8 Å². The van der Waals surface area contributed by atoms with E-state index in [1.807, 2.05) is 48.6 Å². The third-order valence-corrected chi connectivity index (χ3v) is 5.78. The van der Waals surface area contributed by atoms with Crippen LogP contribution in [-0.4, -0.2) is 23.3 Å². The van der Waals surface area contributed by atoms with Crippen LogP contribution >= 0.6 is 23.2 Å². The monoisotopic (exact) mass is 435 g/mol. The van der Waals surface area contributed by atoms with Crippen molar-refractivity contribution in [1.82, 2.24) is 4.90 Å². The highest BCUT2D eigenvalue weighted by Gasteiger charge is 2.34. The summed E-state index contributed by atoms with van der Waals surface area (Å²) in [5.74, 6) is -0.409. The molecule has 4 rings (SSSR count). The summed E-state index contributed by atoms with van der Waals surface area (Å²) >= 11 is 12.4. The SMILES string of the molecule is O=C1c2ccccc2C(=O)N1CCCc1cccc(/C=C/c2c(Cl)cccc2Cl)c1. The van der Waals surface area contributed by atoms with Crippen LogP contribution in [0, 0.1) is 0 Å². The standard InChI is InChI=1S/C25H19Cl2NO2/c26-22-11-4-12-23(27)21(22)14-13-18-7-3-6-17(16-18)8-5-15-28-24(29)19-9-1-2-10-20(19)25(28)30/h1-4,6-7,9-14,16H,5,8,15H2/b14-13+. The quantitative estimate of drug-likeness (QED) is 0.332. The average molecular weight is 436 g/mol. The fourth-order valence-electron chi connectivity index (χ4n) is 3.59. The first-order valence-corrected chi connectivity index (χ1v) is 10.5. The molecule has 0 aliphatic carbocycles. The fourth-order valence-corrected chi connectivity index (χ4v) is 4.11. The second-order valence-electron chi connectivity index (χ2n) is 7.12. The van der Waals surface area contributed by atoms with Gasteiger partial charge in [0.05, 0.1) is 11.1 Å². The van der Waals surface area contributed by atoms with Crippen molar-refractivity contribution in [3.8, 4) is 0 Å². The Hall–Kier alpha value is -2.88. The van der Waals surface area contributed by atoms with E-state index >= 15 is 0 Å². The topological polar surface area (TPSA) is 37.4 Å². The number of halogens is 2. The zero-order valence-corrected chi connectivity index (χ0v) is 17.7. The molecule has 3 nitrogen and oxygen atoms in total. The van der Waals surface area contributed by atoms with Crippen LogP contribution in [0.25, 0.3) is 12.2 Å². The minimum absolute atomic E-state index is 0.205. The molecule has 0 fully saturated rings. The number of benzene rings is 3. The van der Waals surface area contributed by atoms with Gasteiger partial charge in [0.25, 0.3) is 11.8 Å². The minimum Gasteiger partial charge on any atom is -0.274 e. The zero-order valence-electron chi connectivity index (χ0n) is 16.1. The van der Waals surface area contributed by atoms with E-state index in [1.165, 1.54) is 4.90 Å². The summed E-state index contributed by atoms with van der Waals surface area (Å²) in [6, 6.07) is 20.5. The molecule has 0 N–H and O–H groups in total. The molecule has 30 heavy (non-hydrogen) atoms. The van der Waals surface area contributed by atoms with E-state index in [0.29, 0.717) is 34.1 Å². The predicted octanol–water partition coefficient (Wildman–Crippen LogP) is 6.39. The van der Waals surface area contributed by atoms with E-state index in [4.69, 9.17) is 23.2 Å². The van der Waals surface area contributed by atoms with E-state index in [0.717, 1.165) is 23.1 Å². The molecule has 1 heterocycles. The number of carbonyl (C=O) groups excluding carboxylic acids is 2. The summed E-state index contributed by atoms with van der Waals surface area (Å²) in [4.78, 5) is 26.2. The van der Waals surface area contributed by atoms with Gasteiger partial charge in [-0.3, -0.25) is 14.5 Å². The molecule has 0 spiro atoms. The summed E-state index contributed by atoms with van der Waals surface area (Å²) in [7, 11) is 0. The van der Waals surface area contributed by atoms with Crippen molar-refractivity contribution >= 4 is 47.2 Å². The molecule has 1 aliphatic rings. The predicted molar refractivity (Wildman–Crippen MR) is 122 cm³/mol. The van der Waals surface area contributed by atoms with E-state index < -0.39 is 0 Å². The first kappa shape index (κ1) is 20.4. The summed E-state index contributed by atoms with van der Waals surface area (Å²) in [5, 5.41) is 1.21. The number of rotatable bonds is 6. The number of amides is 2. The molecule has 0 aromatic heterocycles. The Kier molecular flexibility index (Phi) is 6.03. The van der Waals surface area contributed by atoms with Gasteiger partial charge in [0.15, 0.2) is 0 Å². The molecular weight excluding hydrogens is 417 g/mol. The van der Waals surface area contributed by atoms with Crippen LogP contribution in [0.15, 0.2) is 66.7 Å². The highest BCUT2D eigenvalue weighted by Crippen LogP contribution is 2.26. The first-order valence-electron chi connectivity index (χ1n) is 9.71. The van der Waals surface area contributed by atoms with Gasteiger partial charge >= 0.3 is 0 Å². The fraction of sp³-hybridized carbons (Fsp3) is 0.120. The number of hydrogen-bond acceptors (Lipinski definition) is 2. The van der Waals surface area contributed by atoms with Gasteiger partial charge in [-0.2, -0.15) is 0 Å². The van der Waals surface area contributed by atoms with Crippen molar-refractivity contribution in [3.63, 3.8) is 0 Å². The molecular formula is C25H19Cl2NO2. The van der Waals surface area contributed by atoms with Gasteiger partial charge in [-0.05, 0) is 48.2 Å². The number of carbonyl (C=O) groups is 2. The number of fused-ring (bicyclic) bond motifs is 1. The van der Waals surface area contributed by atoms with Crippen LogP contribution in [-0.2, 0) is 6.42 Å². The molecule has 0 unspecified atom stereocenters. The summed E-state index contributed by atoms with van der Waals surface area (Å²) in [6.45, 7) is 0.404. The second kappa shape index (κ2) is 8.86. The number of hydrogen-bond donors (Lipinski definition) is 0. The van der Waals surface area contributed by atoms with E-state index in [1.54, 1.807) is 24.3 Å². The van der Waals surface area contributed by atoms with Crippen LogP contribution in [0.4, 0.5) is 0 Å². The van der Waals surface area contributed by atoms with Crippen molar-refractivity contribution in [2.75, 3.05) is 6.54 Å². The molecule has 3 aromatic rings. The smallest absolute Gasteiger partial charge is 0.261 e. The van der Waals surface area contributed by atoms with Crippen molar-refractivity contribution in [2.45, 2.75) is 12.8 Å². The van der Waals surface area contributed by atoms with E-state index in [-0.39, 0.29) is 11.8 Å². The van der Waals surface area contributed by atoms with Gasteiger partial charge in [-0.15, -0.1) is 0 Å². The highest BCUT2D eigenvalue weighted by molar-refractivity contribution is 6.37. The maximum absolute atomic E-state index is 12.5. The van der Waals surface area contributed by atoms with Crippen molar-refractivity contribution in [1.29, 1.82) is 0 Å². The zero-order chi connectivity index (χ0) is 21.1. The van der Waals surface area contributed by atoms with E-state index in [9.17, 15) is 9.59 Å². The Bertz CT molecular complexity index is 1100. The molecule has 2 amide bonds. The lowest BCUT2D eigenvalue weighted by atomic mass is 10.0. The Morgan fingerprint density at radius 2 is 1.40 bits per heavy atom. The van der Waals surface area contributed by atoms with Gasteiger partial charge in [-0.1, -0.05) is 77.8 Å². The first-order chi connectivity index (χ1) is 14.5. The molecule has 150 valence electrons. The second-order valence-corrected chi connectivity index (χ2v) is 7.94. The molecule has 0 saturated carbocycles. The molecule has 0 bridgehead atoms. The third-order valence-electron chi connectivity index (χ3n) is 5.12. The Morgan fingerprint density at radius 3 is 2.07 bits per heavy atom. The Morgan fingerprint density at radius 1 is 0.767 bits per heavy atom. The third kappa shape index (κ3) is 4.18. The molecule has 0 radical (unpaired) electrons. The van der Waals surface area contributed by atoms with Gasteiger partial charge in [0.1, 0.15) is 0 Å². The normalized spacial score (nSPS) is 13.3. The van der Waals surface area contributed by atoms with Crippen LogP contribution < -0.4 is 0 Å². The lowest BCUT2D eigenvalue weighted by Gasteiger charge is -2.13. The number of imide groups is 1. The van der Waals surface area contributed by atoms with Crippen molar-refractivity contribution in [3.05, 3.63) is 105 Å². The molecule has 0 atom stereocenters. The summed E-state index contributed by atoms with van der Waals surface area (Å²) in [5.41, 5.74) is 3.95. The lowest BCUT2D eigenvalue weighted by Crippen LogP contribution is -2.30. The van der Waals surface area contributed by atoms with E-state index in [2.05, 4.69) is 6.07 Å². The maximum Gasteiger partial charge on any atom is 0.261 e. The van der Waals surface area contributed by atoms with Crippen molar-refractivity contribution < 1.29 is 9.59 Å². The highest BCUT2D eigenvalue weighted by atomic mass is 35.5. The lowest BCUT2D eigenvalue weighted by molar-refractivity contribution is 0.0652. The van der Waals surface area contributed by atoms with Gasteiger partial charge in [-0.25, -0.2) is 0 Å². The van der Waals surface area contributed by atoms with Crippen LogP contribution in [0.2, 0.25) is 10.0 Å². The summed E-state index contributed by atoms with van der Waals surface area (Å²) in [6.07, 6.45) is 5.35. The Balaban J connectivity index is 1.39. The van der Waals surface area contributed by atoms with Gasteiger partial charge in [0.2, 0.25) is 0 Å². The minimum atomic E-state index is -0.205. The largest absolute Gasteiger partial charge is 0.274 e. The van der Waals surface area contributed by atoms with Gasteiger partial charge < -0.3 is 0 Å². The number of nitrogens with zero attached hydrogens (tertiary/aromatic N) is 1. The van der Waals surface area contributed by atoms with Crippen LogP contribution in [0.3, 0.4) is 0 Å². The maximum atomic E-state index is 12.5. The van der Waals surface area contributed by atoms with Crippen molar-refractivity contribution in [2.24, 2.45) is 0 Å². The Labute approximate surface area is 185 Å². The average Bonchev–Trinajstić information content (AvgIpc) is 2.99.